The van der Waals surface area contributed by atoms with Gasteiger partial charge in [-0.25, -0.2) is 4.79 Å². The lowest BCUT2D eigenvalue weighted by molar-refractivity contribution is -0.386. The number of nitrogens with zero attached hydrogens (tertiary/aromatic N) is 1. The first-order valence-corrected chi connectivity index (χ1v) is 6.21. The summed E-state index contributed by atoms with van der Waals surface area (Å²) in [5, 5.41) is 22.9. The van der Waals surface area contributed by atoms with Gasteiger partial charge in [0.05, 0.1) is 4.92 Å². The van der Waals surface area contributed by atoms with Crippen LogP contribution >= 0.6 is 0 Å². The van der Waals surface area contributed by atoms with Gasteiger partial charge in [-0.3, -0.25) is 10.1 Å². The zero-order valence-corrected chi connectivity index (χ0v) is 11.6. The summed E-state index contributed by atoms with van der Waals surface area (Å²) in [5.74, 6) is -1.22. The summed E-state index contributed by atoms with van der Waals surface area (Å²) >= 11 is 0. The quantitative estimate of drug-likeness (QED) is 0.585. The summed E-state index contributed by atoms with van der Waals surface area (Å²) in [6.45, 7) is 5.76. The third kappa shape index (κ3) is 4.51. The van der Waals surface area contributed by atoms with Crippen LogP contribution in [0.5, 0.6) is 5.75 Å². The number of carbonyl (C=O) groups is 1. The maximum Gasteiger partial charge on any atom is 0.344 e. The molecule has 7 heteroatoms. The SMILES string of the molecule is CC(C)NCc1ccc(OC(C)C(=O)O)c([N+](=O)[O-])c1. The van der Waals surface area contributed by atoms with Crippen LogP contribution in [0.4, 0.5) is 5.69 Å². The molecule has 0 saturated carbocycles. The molecule has 0 amide bonds. The molecule has 20 heavy (non-hydrogen) atoms. The smallest absolute Gasteiger partial charge is 0.344 e. The van der Waals surface area contributed by atoms with Gasteiger partial charge in [0.1, 0.15) is 0 Å². The Morgan fingerprint density at radius 3 is 2.60 bits per heavy atom. The Hall–Kier alpha value is -2.15. The molecule has 1 rings (SSSR count). The van der Waals surface area contributed by atoms with Crippen LogP contribution < -0.4 is 10.1 Å². The average Bonchev–Trinajstić information content (AvgIpc) is 2.36. The van der Waals surface area contributed by atoms with Gasteiger partial charge in [0.15, 0.2) is 11.9 Å². The zero-order valence-electron chi connectivity index (χ0n) is 11.6. The van der Waals surface area contributed by atoms with Crippen molar-refractivity contribution < 1.29 is 19.6 Å². The van der Waals surface area contributed by atoms with Crippen molar-refractivity contribution in [2.45, 2.75) is 39.5 Å². The van der Waals surface area contributed by atoms with Crippen LogP contribution in [0.1, 0.15) is 26.3 Å². The molecule has 0 aliphatic carbocycles. The highest BCUT2D eigenvalue weighted by atomic mass is 16.6. The Morgan fingerprint density at radius 2 is 2.10 bits per heavy atom. The fourth-order valence-electron chi connectivity index (χ4n) is 1.48. The molecule has 1 atom stereocenters. The molecule has 0 aliphatic rings. The molecule has 1 aromatic carbocycles. The van der Waals surface area contributed by atoms with Gasteiger partial charge >= 0.3 is 11.7 Å². The van der Waals surface area contributed by atoms with E-state index in [0.717, 1.165) is 5.56 Å². The predicted octanol–water partition coefficient (Wildman–Crippen LogP) is 1.94. The Bertz CT molecular complexity index is 502. The van der Waals surface area contributed by atoms with E-state index >= 15 is 0 Å². The van der Waals surface area contributed by atoms with Gasteiger partial charge in [-0.05, 0) is 18.6 Å². The van der Waals surface area contributed by atoms with Gasteiger partial charge in [-0.1, -0.05) is 19.9 Å². The molecule has 7 nitrogen and oxygen atoms in total. The molecule has 110 valence electrons. The lowest BCUT2D eigenvalue weighted by Crippen LogP contribution is -2.23. The van der Waals surface area contributed by atoms with Gasteiger partial charge in [0.25, 0.3) is 0 Å². The van der Waals surface area contributed by atoms with E-state index in [4.69, 9.17) is 9.84 Å². The van der Waals surface area contributed by atoms with E-state index in [-0.39, 0.29) is 17.5 Å². The lowest BCUT2D eigenvalue weighted by atomic mass is 10.1. The summed E-state index contributed by atoms with van der Waals surface area (Å²) < 4.78 is 5.09. The number of hydrogen-bond acceptors (Lipinski definition) is 5. The van der Waals surface area contributed by atoms with E-state index in [1.807, 2.05) is 13.8 Å². The van der Waals surface area contributed by atoms with Crippen LogP contribution in [0.3, 0.4) is 0 Å². The largest absolute Gasteiger partial charge is 0.479 e. The molecule has 1 aromatic rings. The molecule has 2 N–H and O–H groups in total. The van der Waals surface area contributed by atoms with Crippen molar-refractivity contribution in [3.05, 3.63) is 33.9 Å². The first kappa shape index (κ1) is 15.9. The fourth-order valence-corrected chi connectivity index (χ4v) is 1.48. The zero-order chi connectivity index (χ0) is 15.3. The summed E-state index contributed by atoms with van der Waals surface area (Å²) in [7, 11) is 0. The number of aliphatic carboxylic acids is 1. The van der Waals surface area contributed by atoms with E-state index in [2.05, 4.69) is 5.32 Å². The highest BCUT2D eigenvalue weighted by Crippen LogP contribution is 2.29. The Kier molecular flexibility index (Phi) is 5.45. The second-order valence-corrected chi connectivity index (χ2v) is 4.69. The van der Waals surface area contributed by atoms with Gasteiger partial charge in [-0.2, -0.15) is 0 Å². The third-order valence-corrected chi connectivity index (χ3v) is 2.59. The molecule has 0 fully saturated rings. The van der Waals surface area contributed by atoms with Crippen molar-refractivity contribution in [2.75, 3.05) is 0 Å². The highest BCUT2D eigenvalue weighted by molar-refractivity contribution is 5.72. The Morgan fingerprint density at radius 1 is 1.45 bits per heavy atom. The minimum absolute atomic E-state index is 0.0433. The molecule has 0 heterocycles. The van der Waals surface area contributed by atoms with Crippen LogP contribution in [-0.4, -0.2) is 28.1 Å². The average molecular weight is 282 g/mol. The number of benzene rings is 1. The van der Waals surface area contributed by atoms with Crippen LogP contribution in [-0.2, 0) is 11.3 Å². The van der Waals surface area contributed by atoms with Crippen molar-refractivity contribution >= 4 is 11.7 Å². The highest BCUT2D eigenvalue weighted by Gasteiger charge is 2.21. The van der Waals surface area contributed by atoms with E-state index in [1.54, 1.807) is 6.07 Å². The summed E-state index contributed by atoms with van der Waals surface area (Å²) in [5.41, 5.74) is 0.502. The minimum Gasteiger partial charge on any atom is -0.479 e. The Balaban J connectivity index is 2.96. The second kappa shape index (κ2) is 6.85. The van der Waals surface area contributed by atoms with Crippen LogP contribution in [0.25, 0.3) is 0 Å². The molecule has 0 bridgehead atoms. The van der Waals surface area contributed by atoms with Crippen molar-refractivity contribution in [3.63, 3.8) is 0 Å². The van der Waals surface area contributed by atoms with Gasteiger partial charge in [0.2, 0.25) is 0 Å². The van der Waals surface area contributed by atoms with E-state index in [9.17, 15) is 14.9 Å². The molecular weight excluding hydrogens is 264 g/mol. The standard InChI is InChI=1S/C13H18N2O5/c1-8(2)14-7-10-4-5-12(11(6-10)15(18)19)20-9(3)13(16)17/h4-6,8-9,14H,7H2,1-3H3,(H,16,17). The predicted molar refractivity (Wildman–Crippen MR) is 72.8 cm³/mol. The first-order valence-electron chi connectivity index (χ1n) is 6.21. The Labute approximate surface area is 116 Å². The monoisotopic (exact) mass is 282 g/mol. The number of nitro benzene ring substituents is 1. The number of carboxylic acids is 1. The van der Waals surface area contributed by atoms with Crippen molar-refractivity contribution in [1.82, 2.24) is 5.32 Å². The molecule has 0 aromatic heterocycles. The van der Waals surface area contributed by atoms with E-state index < -0.39 is 17.0 Å². The summed E-state index contributed by atoms with van der Waals surface area (Å²) in [6.07, 6.45) is -1.15. The van der Waals surface area contributed by atoms with Crippen LogP contribution in [0, 0.1) is 10.1 Å². The molecule has 0 spiro atoms. The molecule has 0 radical (unpaired) electrons. The second-order valence-electron chi connectivity index (χ2n) is 4.69. The number of nitrogens with one attached hydrogen (secondary N) is 1. The molecular formula is C13H18N2O5. The van der Waals surface area contributed by atoms with Crippen molar-refractivity contribution in [1.29, 1.82) is 0 Å². The third-order valence-electron chi connectivity index (χ3n) is 2.59. The van der Waals surface area contributed by atoms with Crippen molar-refractivity contribution in [2.24, 2.45) is 0 Å². The molecule has 0 aliphatic heterocycles. The summed E-state index contributed by atoms with van der Waals surface area (Å²) in [6, 6.07) is 4.75. The summed E-state index contributed by atoms with van der Waals surface area (Å²) in [4.78, 5) is 21.2. The number of nitro groups is 1. The van der Waals surface area contributed by atoms with E-state index in [0.29, 0.717) is 6.54 Å². The number of carboxylic acid groups (broad SMARTS) is 1. The normalized spacial score (nSPS) is 12.2. The van der Waals surface area contributed by atoms with Gasteiger partial charge < -0.3 is 15.2 Å². The lowest BCUT2D eigenvalue weighted by Gasteiger charge is -2.12. The maximum absolute atomic E-state index is 11.0. The number of hydrogen-bond donors (Lipinski definition) is 2. The maximum atomic E-state index is 11.0. The van der Waals surface area contributed by atoms with Crippen LogP contribution in [0.2, 0.25) is 0 Å². The van der Waals surface area contributed by atoms with E-state index in [1.165, 1.54) is 19.1 Å². The molecule has 0 saturated heterocycles. The van der Waals surface area contributed by atoms with Gasteiger partial charge in [0, 0.05) is 18.7 Å². The van der Waals surface area contributed by atoms with Gasteiger partial charge in [-0.15, -0.1) is 0 Å². The first-order chi connectivity index (χ1) is 9.31. The number of rotatable bonds is 7. The number of ether oxygens (including phenoxy) is 1. The van der Waals surface area contributed by atoms with Crippen molar-refractivity contribution in [3.8, 4) is 5.75 Å². The van der Waals surface area contributed by atoms with Crippen LogP contribution in [0.15, 0.2) is 18.2 Å². The minimum atomic E-state index is -1.18. The topological polar surface area (TPSA) is 102 Å². The fraction of sp³-hybridized carbons (Fsp3) is 0.462. The molecule has 1 unspecified atom stereocenters.